The lowest BCUT2D eigenvalue weighted by Crippen LogP contribution is -2.07. The second-order valence-corrected chi connectivity index (χ2v) is 5.17. The second-order valence-electron chi connectivity index (χ2n) is 4.73. The molecule has 0 saturated heterocycles. The van der Waals surface area contributed by atoms with Crippen molar-refractivity contribution in [2.24, 2.45) is 0 Å². The first-order valence-corrected chi connectivity index (χ1v) is 7.19. The lowest BCUT2D eigenvalue weighted by Gasteiger charge is -2.06. The number of aromatic nitrogens is 3. The molecule has 0 radical (unpaired) electrons. The van der Waals surface area contributed by atoms with Crippen molar-refractivity contribution in [3.63, 3.8) is 0 Å². The van der Waals surface area contributed by atoms with Crippen molar-refractivity contribution >= 4 is 11.6 Å². The second kappa shape index (κ2) is 7.06. The van der Waals surface area contributed by atoms with Gasteiger partial charge in [0.25, 0.3) is 0 Å². The summed E-state index contributed by atoms with van der Waals surface area (Å²) < 4.78 is 1.85. The van der Waals surface area contributed by atoms with Gasteiger partial charge in [-0.25, -0.2) is 4.68 Å². The van der Waals surface area contributed by atoms with Crippen LogP contribution in [0.25, 0.3) is 0 Å². The molecule has 0 amide bonds. The van der Waals surface area contributed by atoms with Crippen LogP contribution in [0, 0.1) is 11.3 Å². The van der Waals surface area contributed by atoms with Crippen LogP contribution in [0.3, 0.4) is 0 Å². The first-order chi connectivity index (χ1) is 9.74. The van der Waals surface area contributed by atoms with E-state index in [9.17, 15) is 0 Å². The molecule has 0 spiro atoms. The molecule has 0 saturated carbocycles. The number of hydrogen-bond donors (Lipinski definition) is 0. The summed E-state index contributed by atoms with van der Waals surface area (Å²) in [4.78, 5) is 0. The third-order valence-electron chi connectivity index (χ3n) is 3.20. The van der Waals surface area contributed by atoms with Gasteiger partial charge in [0.2, 0.25) is 0 Å². The zero-order chi connectivity index (χ0) is 14.4. The van der Waals surface area contributed by atoms with Crippen LogP contribution in [0.15, 0.2) is 24.3 Å². The Morgan fingerprint density at radius 2 is 2.00 bits per heavy atom. The average Bonchev–Trinajstić information content (AvgIpc) is 2.84. The fourth-order valence-electron chi connectivity index (χ4n) is 2.08. The van der Waals surface area contributed by atoms with Crippen molar-refractivity contribution in [3.8, 4) is 6.07 Å². The topological polar surface area (TPSA) is 54.5 Å². The van der Waals surface area contributed by atoms with Crippen LogP contribution in [0.1, 0.15) is 43.1 Å². The Labute approximate surface area is 124 Å². The molecule has 2 rings (SSSR count). The van der Waals surface area contributed by atoms with Crippen molar-refractivity contribution in [3.05, 3.63) is 46.2 Å². The monoisotopic (exact) mass is 288 g/mol. The Kier molecular flexibility index (Phi) is 5.14. The molecule has 1 aromatic heterocycles. The molecular weight excluding hydrogens is 272 g/mol. The highest BCUT2D eigenvalue weighted by atomic mass is 35.5. The van der Waals surface area contributed by atoms with Gasteiger partial charge in [-0.15, -0.1) is 5.10 Å². The van der Waals surface area contributed by atoms with Crippen LogP contribution in [0.5, 0.6) is 0 Å². The van der Waals surface area contributed by atoms with E-state index in [0.29, 0.717) is 17.1 Å². The standard InChI is InChI=1S/C15H17ClN4/c1-2-3-4-9-20-15(14(11-17)18-19-20)10-12-5-7-13(16)8-6-12/h5-8H,2-4,9-10H2,1H3. The third kappa shape index (κ3) is 3.58. The maximum Gasteiger partial charge on any atom is 0.186 e. The van der Waals surface area contributed by atoms with Gasteiger partial charge in [-0.05, 0) is 24.1 Å². The van der Waals surface area contributed by atoms with Crippen LogP contribution in [-0.2, 0) is 13.0 Å². The minimum absolute atomic E-state index is 0.413. The zero-order valence-corrected chi connectivity index (χ0v) is 12.3. The molecule has 0 aliphatic carbocycles. The molecule has 4 nitrogen and oxygen atoms in total. The normalized spacial score (nSPS) is 10.4. The van der Waals surface area contributed by atoms with Gasteiger partial charge in [-0.3, -0.25) is 0 Å². The van der Waals surface area contributed by atoms with Gasteiger partial charge in [-0.2, -0.15) is 5.26 Å². The van der Waals surface area contributed by atoms with Gasteiger partial charge in [0, 0.05) is 18.0 Å². The number of benzene rings is 1. The first kappa shape index (κ1) is 14.5. The van der Waals surface area contributed by atoms with Gasteiger partial charge < -0.3 is 0 Å². The molecule has 1 heterocycles. The summed E-state index contributed by atoms with van der Waals surface area (Å²) in [6, 6.07) is 9.76. The van der Waals surface area contributed by atoms with Crippen LogP contribution in [0.2, 0.25) is 5.02 Å². The first-order valence-electron chi connectivity index (χ1n) is 6.81. The molecule has 2 aromatic rings. The molecule has 20 heavy (non-hydrogen) atoms. The van der Waals surface area contributed by atoms with E-state index in [1.165, 1.54) is 0 Å². The Bertz CT molecular complexity index is 595. The molecular formula is C15H17ClN4. The van der Waals surface area contributed by atoms with Gasteiger partial charge in [0.15, 0.2) is 5.69 Å². The molecule has 104 valence electrons. The summed E-state index contributed by atoms with van der Waals surface area (Å²) >= 11 is 5.89. The van der Waals surface area contributed by atoms with Crippen molar-refractivity contribution in [2.75, 3.05) is 0 Å². The van der Waals surface area contributed by atoms with Gasteiger partial charge in [0.05, 0.1) is 5.69 Å². The van der Waals surface area contributed by atoms with E-state index >= 15 is 0 Å². The molecule has 0 bridgehead atoms. The van der Waals surface area contributed by atoms with E-state index in [-0.39, 0.29) is 0 Å². The summed E-state index contributed by atoms with van der Waals surface area (Å²) in [7, 11) is 0. The Morgan fingerprint density at radius 1 is 1.25 bits per heavy atom. The smallest absolute Gasteiger partial charge is 0.186 e. The lowest BCUT2D eigenvalue weighted by molar-refractivity contribution is 0.523. The maximum atomic E-state index is 9.14. The zero-order valence-electron chi connectivity index (χ0n) is 11.5. The fraction of sp³-hybridized carbons (Fsp3) is 0.400. The predicted molar refractivity (Wildman–Crippen MR) is 78.5 cm³/mol. The molecule has 0 N–H and O–H groups in total. The number of nitrogens with zero attached hydrogens (tertiary/aromatic N) is 4. The van der Waals surface area contributed by atoms with Gasteiger partial charge in [0.1, 0.15) is 6.07 Å². The molecule has 0 atom stereocenters. The fourth-order valence-corrected chi connectivity index (χ4v) is 2.21. The Balaban J connectivity index is 2.18. The number of rotatable bonds is 6. The molecule has 0 aliphatic rings. The van der Waals surface area contributed by atoms with Crippen molar-refractivity contribution in [1.29, 1.82) is 5.26 Å². The van der Waals surface area contributed by atoms with Crippen LogP contribution < -0.4 is 0 Å². The molecule has 5 heteroatoms. The molecule has 0 unspecified atom stereocenters. The lowest BCUT2D eigenvalue weighted by atomic mass is 10.1. The van der Waals surface area contributed by atoms with Crippen molar-refractivity contribution in [1.82, 2.24) is 15.0 Å². The largest absolute Gasteiger partial charge is 0.248 e. The van der Waals surface area contributed by atoms with E-state index in [4.69, 9.17) is 16.9 Å². The number of halogens is 1. The highest BCUT2D eigenvalue weighted by Gasteiger charge is 2.12. The average molecular weight is 289 g/mol. The molecule has 0 fully saturated rings. The highest BCUT2D eigenvalue weighted by Crippen LogP contribution is 2.15. The quantitative estimate of drug-likeness (QED) is 0.763. The summed E-state index contributed by atoms with van der Waals surface area (Å²) in [5.41, 5.74) is 2.40. The Morgan fingerprint density at radius 3 is 2.65 bits per heavy atom. The van der Waals surface area contributed by atoms with E-state index in [2.05, 4.69) is 23.3 Å². The van der Waals surface area contributed by atoms with E-state index < -0.39 is 0 Å². The summed E-state index contributed by atoms with van der Waals surface area (Å²) in [6.07, 6.45) is 4.02. The summed E-state index contributed by atoms with van der Waals surface area (Å²) in [5, 5.41) is 17.9. The van der Waals surface area contributed by atoms with Gasteiger partial charge >= 0.3 is 0 Å². The summed E-state index contributed by atoms with van der Waals surface area (Å²) in [6.45, 7) is 2.97. The summed E-state index contributed by atoms with van der Waals surface area (Å²) in [5.74, 6) is 0. The van der Waals surface area contributed by atoms with Crippen LogP contribution in [-0.4, -0.2) is 15.0 Å². The SMILES string of the molecule is CCCCCn1nnc(C#N)c1Cc1ccc(Cl)cc1. The number of unbranched alkanes of at least 4 members (excludes halogenated alkanes) is 2. The van der Waals surface area contributed by atoms with Crippen molar-refractivity contribution < 1.29 is 0 Å². The van der Waals surface area contributed by atoms with Gasteiger partial charge in [-0.1, -0.05) is 48.7 Å². The Hall–Kier alpha value is -1.86. The van der Waals surface area contributed by atoms with E-state index in [1.54, 1.807) is 0 Å². The number of nitriles is 1. The minimum Gasteiger partial charge on any atom is -0.248 e. The maximum absolute atomic E-state index is 9.14. The van der Waals surface area contributed by atoms with Crippen LogP contribution in [0.4, 0.5) is 0 Å². The highest BCUT2D eigenvalue weighted by molar-refractivity contribution is 6.30. The van der Waals surface area contributed by atoms with E-state index in [0.717, 1.165) is 37.1 Å². The van der Waals surface area contributed by atoms with Crippen LogP contribution >= 0.6 is 11.6 Å². The number of hydrogen-bond acceptors (Lipinski definition) is 3. The molecule has 1 aromatic carbocycles. The minimum atomic E-state index is 0.413. The number of aryl methyl sites for hydroxylation is 1. The molecule has 0 aliphatic heterocycles. The predicted octanol–water partition coefficient (Wildman–Crippen LogP) is 3.58. The van der Waals surface area contributed by atoms with E-state index in [1.807, 2.05) is 28.9 Å². The third-order valence-corrected chi connectivity index (χ3v) is 3.45. The van der Waals surface area contributed by atoms with Crippen molar-refractivity contribution in [2.45, 2.75) is 39.2 Å².